The van der Waals surface area contributed by atoms with Gasteiger partial charge in [0, 0.05) is 48.3 Å². The minimum atomic E-state index is 0.726. The minimum absolute atomic E-state index is 0.726. The van der Waals surface area contributed by atoms with Gasteiger partial charge in [-0.05, 0) is 48.4 Å². The normalized spacial score (nSPS) is 14.7. The first-order valence-corrected chi connectivity index (χ1v) is 8.11. The lowest BCUT2D eigenvalue weighted by Gasteiger charge is -2.27. The van der Waals surface area contributed by atoms with Gasteiger partial charge in [0.2, 0.25) is 0 Å². The molecule has 0 amide bonds. The smallest absolute Gasteiger partial charge is 0.159 e. The first kappa shape index (κ1) is 14.4. The fourth-order valence-corrected chi connectivity index (χ4v) is 3.06. The lowest BCUT2D eigenvalue weighted by molar-refractivity contribution is 0.239. The largest absolute Gasteiger partial charge is 0.364 e. The van der Waals surface area contributed by atoms with Crippen molar-refractivity contribution in [1.29, 1.82) is 0 Å². The Morgan fingerprint density at radius 3 is 2.83 bits per heavy atom. The van der Waals surface area contributed by atoms with E-state index in [2.05, 4.69) is 20.9 Å². The lowest BCUT2D eigenvalue weighted by atomic mass is 10.1. The summed E-state index contributed by atoms with van der Waals surface area (Å²) in [6, 6.07) is 11.8. The first-order chi connectivity index (χ1) is 11.3. The van der Waals surface area contributed by atoms with E-state index in [4.69, 9.17) is 16.6 Å². The predicted octanol–water partition coefficient (Wildman–Crippen LogP) is 3.68. The van der Waals surface area contributed by atoms with Crippen molar-refractivity contribution in [3.8, 4) is 11.4 Å². The quantitative estimate of drug-likeness (QED) is 0.799. The molecule has 5 heteroatoms. The molecule has 23 heavy (non-hydrogen) atoms. The van der Waals surface area contributed by atoms with Crippen LogP contribution in [0.1, 0.15) is 17.0 Å². The molecular formula is C18H17ClN4. The topological polar surface area (TPSA) is 44.8 Å². The van der Waals surface area contributed by atoms with E-state index in [1.807, 2.05) is 42.7 Å². The van der Waals surface area contributed by atoms with Gasteiger partial charge in [-0.15, -0.1) is 0 Å². The Morgan fingerprint density at radius 1 is 1.17 bits per heavy atom. The van der Waals surface area contributed by atoms with Crippen LogP contribution in [0.4, 0.5) is 0 Å². The average molecular weight is 325 g/mol. The number of fused-ring (bicyclic) bond motifs is 1. The molecule has 1 aliphatic heterocycles. The molecule has 0 unspecified atom stereocenters. The molecule has 1 N–H and O–H groups in total. The lowest BCUT2D eigenvalue weighted by Crippen LogP contribution is -2.31. The fourth-order valence-electron chi connectivity index (χ4n) is 2.94. The van der Waals surface area contributed by atoms with Gasteiger partial charge in [-0.3, -0.25) is 4.90 Å². The molecule has 3 aromatic rings. The molecule has 1 aromatic carbocycles. The summed E-state index contributed by atoms with van der Waals surface area (Å²) >= 11 is 5.95. The van der Waals surface area contributed by atoms with Crippen molar-refractivity contribution in [1.82, 2.24) is 19.9 Å². The number of nitrogens with zero attached hydrogens (tertiary/aromatic N) is 3. The van der Waals surface area contributed by atoms with E-state index in [1.165, 1.54) is 11.3 Å². The van der Waals surface area contributed by atoms with Crippen LogP contribution in [0.2, 0.25) is 5.02 Å². The van der Waals surface area contributed by atoms with E-state index >= 15 is 0 Å². The maximum absolute atomic E-state index is 5.95. The molecule has 0 saturated heterocycles. The monoisotopic (exact) mass is 324 g/mol. The minimum Gasteiger partial charge on any atom is -0.364 e. The van der Waals surface area contributed by atoms with E-state index < -0.39 is 0 Å². The molecule has 0 bridgehead atoms. The van der Waals surface area contributed by atoms with Crippen molar-refractivity contribution in [2.75, 3.05) is 6.54 Å². The van der Waals surface area contributed by atoms with Crippen molar-refractivity contribution in [2.24, 2.45) is 0 Å². The van der Waals surface area contributed by atoms with E-state index in [0.717, 1.165) is 48.2 Å². The molecule has 0 aliphatic carbocycles. The molecule has 1 aliphatic rings. The van der Waals surface area contributed by atoms with Crippen LogP contribution in [-0.4, -0.2) is 26.4 Å². The zero-order valence-corrected chi connectivity index (χ0v) is 13.4. The number of hydrogen-bond donors (Lipinski definition) is 1. The molecule has 4 rings (SSSR count). The van der Waals surface area contributed by atoms with Gasteiger partial charge in [0.15, 0.2) is 5.82 Å². The Labute approximate surface area is 140 Å². The highest BCUT2D eigenvalue weighted by Gasteiger charge is 2.19. The van der Waals surface area contributed by atoms with E-state index in [-0.39, 0.29) is 0 Å². The molecule has 4 nitrogen and oxygen atoms in total. The van der Waals surface area contributed by atoms with Gasteiger partial charge in [-0.1, -0.05) is 11.6 Å². The molecule has 0 saturated carbocycles. The zero-order valence-electron chi connectivity index (χ0n) is 12.7. The maximum atomic E-state index is 5.95. The Hall–Kier alpha value is -2.17. The van der Waals surface area contributed by atoms with Gasteiger partial charge in [0.25, 0.3) is 0 Å². The van der Waals surface area contributed by atoms with Crippen molar-refractivity contribution < 1.29 is 0 Å². The number of halogens is 1. The number of aromatic amines is 1. The number of aromatic nitrogens is 3. The van der Waals surface area contributed by atoms with E-state index in [1.54, 1.807) is 0 Å². The molecule has 0 radical (unpaired) electrons. The zero-order chi connectivity index (χ0) is 15.6. The van der Waals surface area contributed by atoms with Crippen LogP contribution in [0.5, 0.6) is 0 Å². The van der Waals surface area contributed by atoms with Gasteiger partial charge in [0.05, 0.1) is 5.69 Å². The summed E-state index contributed by atoms with van der Waals surface area (Å²) in [7, 11) is 0. The summed E-state index contributed by atoms with van der Waals surface area (Å²) in [6.45, 7) is 2.82. The highest BCUT2D eigenvalue weighted by atomic mass is 35.5. The molecular weight excluding hydrogens is 308 g/mol. The first-order valence-electron chi connectivity index (χ1n) is 7.73. The van der Waals surface area contributed by atoms with Crippen LogP contribution >= 0.6 is 11.6 Å². The highest BCUT2D eigenvalue weighted by Crippen LogP contribution is 2.23. The van der Waals surface area contributed by atoms with Crippen molar-refractivity contribution >= 4 is 11.6 Å². The van der Waals surface area contributed by atoms with Gasteiger partial charge in [-0.25, -0.2) is 9.97 Å². The third-order valence-corrected chi connectivity index (χ3v) is 4.44. The third kappa shape index (κ3) is 3.14. The second-order valence-electron chi connectivity index (χ2n) is 5.83. The van der Waals surface area contributed by atoms with Gasteiger partial charge in [-0.2, -0.15) is 0 Å². The maximum Gasteiger partial charge on any atom is 0.159 e. The van der Waals surface area contributed by atoms with Crippen LogP contribution in [0.15, 0.2) is 48.8 Å². The Morgan fingerprint density at radius 2 is 2.04 bits per heavy atom. The second kappa shape index (κ2) is 6.14. The van der Waals surface area contributed by atoms with Crippen LogP contribution < -0.4 is 0 Å². The third-order valence-electron chi connectivity index (χ3n) is 4.18. The summed E-state index contributed by atoms with van der Waals surface area (Å²) in [5.41, 5.74) is 4.62. The second-order valence-corrected chi connectivity index (χ2v) is 6.26. The molecule has 0 fully saturated rings. The average Bonchev–Trinajstić information content (AvgIpc) is 3.08. The highest BCUT2D eigenvalue weighted by molar-refractivity contribution is 6.30. The van der Waals surface area contributed by atoms with E-state index in [0.29, 0.717) is 0 Å². The van der Waals surface area contributed by atoms with Crippen LogP contribution in [0, 0.1) is 0 Å². The van der Waals surface area contributed by atoms with Gasteiger partial charge < -0.3 is 4.98 Å². The summed E-state index contributed by atoms with van der Waals surface area (Å²) < 4.78 is 0. The van der Waals surface area contributed by atoms with Crippen molar-refractivity contribution in [3.05, 3.63) is 70.8 Å². The molecule has 3 heterocycles. The number of H-pyrrole nitrogens is 1. The van der Waals surface area contributed by atoms with Crippen LogP contribution in [-0.2, 0) is 19.5 Å². The molecule has 0 atom stereocenters. The number of hydrogen-bond acceptors (Lipinski definition) is 3. The summed E-state index contributed by atoms with van der Waals surface area (Å²) in [5.74, 6) is 0.766. The molecule has 2 aromatic heterocycles. The number of nitrogens with one attached hydrogen (secondary N) is 1. The summed E-state index contributed by atoms with van der Waals surface area (Å²) in [6.07, 6.45) is 4.93. The Balaban J connectivity index is 1.57. The number of rotatable bonds is 3. The summed E-state index contributed by atoms with van der Waals surface area (Å²) in [5, 5.41) is 0.726. The molecule has 116 valence electrons. The van der Waals surface area contributed by atoms with Gasteiger partial charge in [0.1, 0.15) is 0 Å². The van der Waals surface area contributed by atoms with E-state index in [9.17, 15) is 0 Å². The predicted molar refractivity (Wildman–Crippen MR) is 91.1 cm³/mol. The van der Waals surface area contributed by atoms with Crippen molar-refractivity contribution in [3.63, 3.8) is 0 Å². The summed E-state index contributed by atoms with van der Waals surface area (Å²) in [4.78, 5) is 15.0. The fraction of sp³-hybridized carbons (Fsp3) is 0.222. The Bertz CT molecular complexity index is 796. The SMILES string of the molecule is Clc1ccc(-c2ncc3c(n2)CN(Cc2ccc[nH]2)CC3)cc1. The van der Waals surface area contributed by atoms with Gasteiger partial charge >= 0.3 is 0 Å². The number of benzene rings is 1. The molecule has 0 spiro atoms. The Kier molecular flexibility index (Phi) is 3.85. The standard InChI is InChI=1S/C18H17ClN4/c19-15-5-3-13(4-6-15)18-21-10-14-7-9-23(12-17(14)22-18)11-16-2-1-8-20-16/h1-6,8,10,20H,7,9,11-12H2. The van der Waals surface area contributed by atoms with Crippen molar-refractivity contribution in [2.45, 2.75) is 19.5 Å². The van der Waals surface area contributed by atoms with Crippen LogP contribution in [0.3, 0.4) is 0 Å². The van der Waals surface area contributed by atoms with Crippen LogP contribution in [0.25, 0.3) is 11.4 Å².